The SMILES string of the molecule is CC(=O)c1cc(Oc2cccc(C)c2F)ccc1N. The van der Waals surface area contributed by atoms with Crippen molar-refractivity contribution in [3.63, 3.8) is 0 Å². The van der Waals surface area contributed by atoms with Gasteiger partial charge in [0.15, 0.2) is 17.3 Å². The summed E-state index contributed by atoms with van der Waals surface area (Å²) in [5.74, 6) is -0.0699. The Kier molecular flexibility index (Phi) is 3.51. The summed E-state index contributed by atoms with van der Waals surface area (Å²) in [5, 5.41) is 0. The fourth-order valence-electron chi connectivity index (χ4n) is 1.73. The van der Waals surface area contributed by atoms with Gasteiger partial charge in [-0.25, -0.2) is 4.39 Å². The van der Waals surface area contributed by atoms with Crippen molar-refractivity contribution in [3.05, 3.63) is 53.3 Å². The van der Waals surface area contributed by atoms with Gasteiger partial charge in [-0.2, -0.15) is 0 Å². The van der Waals surface area contributed by atoms with Crippen LogP contribution in [0.1, 0.15) is 22.8 Å². The summed E-state index contributed by atoms with van der Waals surface area (Å²) < 4.78 is 19.3. The number of benzene rings is 2. The highest BCUT2D eigenvalue weighted by Gasteiger charge is 2.10. The molecule has 0 saturated carbocycles. The summed E-state index contributed by atoms with van der Waals surface area (Å²) in [5.41, 5.74) is 6.93. The number of anilines is 1. The third-order valence-electron chi connectivity index (χ3n) is 2.79. The highest BCUT2D eigenvalue weighted by molar-refractivity contribution is 5.99. The summed E-state index contributed by atoms with van der Waals surface area (Å²) in [6, 6.07) is 9.58. The Labute approximate surface area is 110 Å². The van der Waals surface area contributed by atoms with Crippen molar-refractivity contribution in [2.45, 2.75) is 13.8 Å². The molecule has 2 aromatic rings. The lowest BCUT2D eigenvalue weighted by Crippen LogP contribution is -2.00. The van der Waals surface area contributed by atoms with Crippen molar-refractivity contribution in [2.24, 2.45) is 0 Å². The molecule has 2 aromatic carbocycles. The zero-order valence-corrected chi connectivity index (χ0v) is 10.7. The van der Waals surface area contributed by atoms with Crippen molar-refractivity contribution in [3.8, 4) is 11.5 Å². The minimum Gasteiger partial charge on any atom is -0.454 e. The van der Waals surface area contributed by atoms with Crippen LogP contribution in [0, 0.1) is 12.7 Å². The lowest BCUT2D eigenvalue weighted by molar-refractivity contribution is 0.101. The molecule has 0 aliphatic carbocycles. The van der Waals surface area contributed by atoms with Gasteiger partial charge in [0.25, 0.3) is 0 Å². The van der Waals surface area contributed by atoms with E-state index in [0.29, 0.717) is 22.6 Å². The maximum atomic E-state index is 13.8. The van der Waals surface area contributed by atoms with Crippen LogP contribution in [0.4, 0.5) is 10.1 Å². The third-order valence-corrected chi connectivity index (χ3v) is 2.79. The van der Waals surface area contributed by atoms with Gasteiger partial charge in [0.2, 0.25) is 0 Å². The van der Waals surface area contributed by atoms with Crippen LogP contribution in [0.25, 0.3) is 0 Å². The minimum atomic E-state index is -0.413. The Balaban J connectivity index is 2.36. The zero-order chi connectivity index (χ0) is 14.0. The van der Waals surface area contributed by atoms with Crippen LogP contribution in [-0.4, -0.2) is 5.78 Å². The summed E-state index contributed by atoms with van der Waals surface area (Å²) in [7, 11) is 0. The Bertz CT molecular complexity index is 638. The zero-order valence-electron chi connectivity index (χ0n) is 10.7. The van der Waals surface area contributed by atoms with Gasteiger partial charge in [0, 0.05) is 11.3 Å². The van der Waals surface area contributed by atoms with Gasteiger partial charge in [-0.05, 0) is 43.7 Å². The molecule has 0 unspecified atom stereocenters. The standard InChI is InChI=1S/C15H14FNO2/c1-9-4-3-5-14(15(9)16)19-11-6-7-13(17)12(8-11)10(2)18/h3-8H,17H2,1-2H3. The maximum absolute atomic E-state index is 13.8. The van der Waals surface area contributed by atoms with Gasteiger partial charge in [-0.3, -0.25) is 4.79 Å². The molecule has 0 aliphatic rings. The monoisotopic (exact) mass is 259 g/mol. The van der Waals surface area contributed by atoms with Gasteiger partial charge in [-0.15, -0.1) is 0 Å². The molecule has 0 heterocycles. The summed E-state index contributed by atoms with van der Waals surface area (Å²) in [6.07, 6.45) is 0. The normalized spacial score (nSPS) is 10.3. The predicted molar refractivity (Wildman–Crippen MR) is 72.1 cm³/mol. The van der Waals surface area contributed by atoms with Crippen LogP contribution in [0.15, 0.2) is 36.4 Å². The van der Waals surface area contributed by atoms with Crippen molar-refractivity contribution < 1.29 is 13.9 Å². The van der Waals surface area contributed by atoms with Gasteiger partial charge < -0.3 is 10.5 Å². The average Bonchev–Trinajstić information content (AvgIpc) is 2.37. The van der Waals surface area contributed by atoms with Crippen LogP contribution < -0.4 is 10.5 Å². The number of carbonyl (C=O) groups is 1. The number of hydrogen-bond acceptors (Lipinski definition) is 3. The van der Waals surface area contributed by atoms with Crippen LogP contribution in [0.2, 0.25) is 0 Å². The largest absolute Gasteiger partial charge is 0.454 e. The van der Waals surface area contributed by atoms with E-state index in [-0.39, 0.29) is 11.5 Å². The van der Waals surface area contributed by atoms with E-state index in [0.717, 1.165) is 0 Å². The first kappa shape index (κ1) is 13.1. The Morgan fingerprint density at radius 3 is 2.68 bits per heavy atom. The Hall–Kier alpha value is -2.36. The minimum absolute atomic E-state index is 0.124. The predicted octanol–water partition coefficient (Wildman–Crippen LogP) is 3.71. The fourth-order valence-corrected chi connectivity index (χ4v) is 1.73. The molecule has 0 fully saturated rings. The van der Waals surface area contributed by atoms with Crippen molar-refractivity contribution >= 4 is 11.5 Å². The molecule has 0 radical (unpaired) electrons. The van der Waals surface area contributed by atoms with Crippen LogP contribution in [0.5, 0.6) is 11.5 Å². The number of ether oxygens (including phenoxy) is 1. The number of hydrogen-bond donors (Lipinski definition) is 1. The molecule has 0 saturated heterocycles. The number of nitrogen functional groups attached to an aromatic ring is 1. The van der Waals surface area contributed by atoms with Crippen molar-refractivity contribution in [1.82, 2.24) is 0 Å². The smallest absolute Gasteiger partial charge is 0.168 e. The number of nitrogens with two attached hydrogens (primary N) is 1. The first-order chi connectivity index (χ1) is 8.99. The number of rotatable bonds is 3. The van der Waals surface area contributed by atoms with E-state index in [1.165, 1.54) is 19.1 Å². The molecule has 0 bridgehead atoms. The number of aryl methyl sites for hydroxylation is 1. The van der Waals surface area contributed by atoms with Crippen molar-refractivity contribution in [2.75, 3.05) is 5.73 Å². The molecule has 3 nitrogen and oxygen atoms in total. The van der Waals surface area contributed by atoms with Crippen LogP contribution in [-0.2, 0) is 0 Å². The summed E-state index contributed by atoms with van der Waals surface area (Å²) >= 11 is 0. The molecule has 2 rings (SSSR count). The van der Waals surface area contributed by atoms with Gasteiger partial charge in [0.1, 0.15) is 5.75 Å². The quantitative estimate of drug-likeness (QED) is 0.675. The molecular formula is C15H14FNO2. The Morgan fingerprint density at radius 2 is 2.00 bits per heavy atom. The Morgan fingerprint density at radius 1 is 1.26 bits per heavy atom. The molecule has 0 atom stereocenters. The van der Waals surface area contributed by atoms with E-state index in [2.05, 4.69) is 0 Å². The van der Waals surface area contributed by atoms with Crippen LogP contribution >= 0.6 is 0 Å². The lowest BCUT2D eigenvalue weighted by Gasteiger charge is -2.10. The van der Waals surface area contributed by atoms with E-state index in [9.17, 15) is 9.18 Å². The summed E-state index contributed by atoms with van der Waals surface area (Å²) in [6.45, 7) is 3.08. The maximum Gasteiger partial charge on any atom is 0.168 e. The molecule has 0 amide bonds. The van der Waals surface area contributed by atoms with E-state index >= 15 is 0 Å². The topological polar surface area (TPSA) is 52.3 Å². The van der Waals surface area contributed by atoms with Gasteiger partial charge in [-0.1, -0.05) is 12.1 Å². The third kappa shape index (κ3) is 2.73. The molecule has 0 spiro atoms. The van der Waals surface area contributed by atoms with Crippen LogP contribution in [0.3, 0.4) is 0 Å². The number of ketones is 1. The molecule has 98 valence electrons. The highest BCUT2D eigenvalue weighted by Crippen LogP contribution is 2.28. The van der Waals surface area contributed by atoms with Gasteiger partial charge >= 0.3 is 0 Å². The molecule has 19 heavy (non-hydrogen) atoms. The molecule has 2 N–H and O–H groups in total. The van der Waals surface area contributed by atoms with E-state index in [1.807, 2.05) is 0 Å². The summed E-state index contributed by atoms with van der Waals surface area (Å²) in [4.78, 5) is 11.4. The molecule has 0 aromatic heterocycles. The van der Waals surface area contributed by atoms with E-state index < -0.39 is 5.82 Å². The first-order valence-electron chi connectivity index (χ1n) is 5.82. The van der Waals surface area contributed by atoms with E-state index in [1.54, 1.807) is 31.2 Å². The second-order valence-electron chi connectivity index (χ2n) is 4.29. The van der Waals surface area contributed by atoms with E-state index in [4.69, 9.17) is 10.5 Å². The number of halogens is 1. The second kappa shape index (κ2) is 5.10. The average molecular weight is 259 g/mol. The van der Waals surface area contributed by atoms with Gasteiger partial charge in [0.05, 0.1) is 0 Å². The lowest BCUT2D eigenvalue weighted by atomic mass is 10.1. The molecular weight excluding hydrogens is 245 g/mol. The second-order valence-corrected chi connectivity index (χ2v) is 4.29. The highest BCUT2D eigenvalue weighted by atomic mass is 19.1. The molecule has 0 aliphatic heterocycles. The number of carbonyl (C=O) groups excluding carboxylic acids is 1. The van der Waals surface area contributed by atoms with Crippen molar-refractivity contribution in [1.29, 1.82) is 0 Å². The number of Topliss-reactive ketones (excluding diaryl/α,β-unsaturated/α-hetero) is 1. The molecule has 4 heteroatoms. The first-order valence-corrected chi connectivity index (χ1v) is 5.82. The fraction of sp³-hybridized carbons (Fsp3) is 0.133.